The van der Waals surface area contributed by atoms with Crippen LogP contribution in [0.1, 0.15) is 25.7 Å². The van der Waals surface area contributed by atoms with E-state index in [0.717, 1.165) is 0 Å². The molecule has 0 amide bonds. The zero-order chi connectivity index (χ0) is 9.73. The van der Waals surface area contributed by atoms with Gasteiger partial charge in [0.05, 0.1) is 0 Å². The molecule has 0 radical (unpaired) electrons. The summed E-state index contributed by atoms with van der Waals surface area (Å²) in [6, 6.07) is 0.569. The van der Waals surface area contributed by atoms with Crippen molar-refractivity contribution in [3.8, 4) is 0 Å². The lowest BCUT2D eigenvalue weighted by Gasteiger charge is -2.29. The number of rotatable bonds is 5. The van der Waals surface area contributed by atoms with E-state index in [2.05, 4.69) is 9.96 Å². The monoisotopic (exact) mass is 204 g/mol. The molecule has 0 aromatic heterocycles. The SMILES string of the molecule is CN[Si](NC1CCCC1)(OC)OC. The number of hydrogen-bond donors (Lipinski definition) is 2. The van der Waals surface area contributed by atoms with Gasteiger partial charge in [0.1, 0.15) is 0 Å². The van der Waals surface area contributed by atoms with E-state index in [1.54, 1.807) is 14.2 Å². The molecule has 1 saturated carbocycles. The molecule has 1 aliphatic carbocycles. The molecular formula is C8H20N2O2Si. The highest BCUT2D eigenvalue weighted by atomic mass is 28.4. The Morgan fingerprint density at radius 1 is 1.15 bits per heavy atom. The maximum Gasteiger partial charge on any atom is 0.516 e. The van der Waals surface area contributed by atoms with E-state index in [0.29, 0.717) is 6.04 Å². The van der Waals surface area contributed by atoms with Gasteiger partial charge in [-0.15, -0.1) is 0 Å². The van der Waals surface area contributed by atoms with E-state index in [-0.39, 0.29) is 0 Å². The molecule has 0 aliphatic heterocycles. The molecular weight excluding hydrogens is 184 g/mol. The van der Waals surface area contributed by atoms with Gasteiger partial charge in [0, 0.05) is 20.3 Å². The van der Waals surface area contributed by atoms with Crippen molar-refractivity contribution in [1.82, 2.24) is 9.96 Å². The van der Waals surface area contributed by atoms with Crippen molar-refractivity contribution in [2.24, 2.45) is 0 Å². The standard InChI is InChI=1S/C8H20N2O2Si/c1-9-13(11-2,12-3)10-8-6-4-5-7-8/h8-10H,4-7H2,1-3H3. The molecule has 78 valence electrons. The second-order valence-corrected chi connectivity index (χ2v) is 6.24. The average molecular weight is 204 g/mol. The largest absolute Gasteiger partial charge is 0.516 e. The van der Waals surface area contributed by atoms with Gasteiger partial charge in [-0.1, -0.05) is 12.8 Å². The highest BCUT2D eigenvalue weighted by Crippen LogP contribution is 2.19. The molecule has 1 aliphatic rings. The van der Waals surface area contributed by atoms with E-state index in [1.165, 1.54) is 25.7 Å². The maximum absolute atomic E-state index is 5.39. The van der Waals surface area contributed by atoms with Crippen molar-refractivity contribution in [2.45, 2.75) is 31.7 Å². The van der Waals surface area contributed by atoms with Crippen LogP contribution < -0.4 is 9.96 Å². The van der Waals surface area contributed by atoms with Crippen molar-refractivity contribution < 1.29 is 8.85 Å². The lowest BCUT2D eigenvalue weighted by Crippen LogP contribution is -2.67. The van der Waals surface area contributed by atoms with Gasteiger partial charge in [-0.05, 0) is 19.9 Å². The van der Waals surface area contributed by atoms with Crippen molar-refractivity contribution in [3.05, 3.63) is 0 Å². The molecule has 0 atom stereocenters. The zero-order valence-corrected chi connectivity index (χ0v) is 9.72. The second kappa shape index (κ2) is 5.07. The van der Waals surface area contributed by atoms with Gasteiger partial charge < -0.3 is 8.85 Å². The lowest BCUT2D eigenvalue weighted by molar-refractivity contribution is 0.210. The first-order valence-electron chi connectivity index (χ1n) is 4.83. The van der Waals surface area contributed by atoms with Gasteiger partial charge >= 0.3 is 8.88 Å². The Bertz CT molecular complexity index is 139. The molecule has 0 spiro atoms. The highest BCUT2D eigenvalue weighted by molar-refractivity contribution is 6.62. The minimum Gasteiger partial charge on any atom is -0.374 e. The summed E-state index contributed by atoms with van der Waals surface area (Å²) in [6.45, 7) is 0. The molecule has 13 heavy (non-hydrogen) atoms. The van der Waals surface area contributed by atoms with Crippen LogP contribution >= 0.6 is 0 Å². The van der Waals surface area contributed by atoms with E-state index in [1.807, 2.05) is 7.05 Å². The first-order valence-corrected chi connectivity index (χ1v) is 6.65. The summed E-state index contributed by atoms with van der Waals surface area (Å²) in [5.41, 5.74) is 0. The summed E-state index contributed by atoms with van der Waals surface area (Å²) in [7, 11) is 2.97. The molecule has 1 fully saturated rings. The summed E-state index contributed by atoms with van der Waals surface area (Å²) in [5, 5.41) is 0. The van der Waals surface area contributed by atoms with Crippen LogP contribution in [0.3, 0.4) is 0 Å². The minimum atomic E-state index is -2.28. The normalized spacial score (nSPS) is 19.6. The average Bonchev–Trinajstić information content (AvgIpc) is 2.67. The Hall–Kier alpha value is 0.0569. The van der Waals surface area contributed by atoms with Gasteiger partial charge in [0.2, 0.25) is 0 Å². The van der Waals surface area contributed by atoms with Crippen LogP contribution in [0.5, 0.6) is 0 Å². The zero-order valence-electron chi connectivity index (χ0n) is 8.72. The van der Waals surface area contributed by atoms with Crippen LogP contribution in [-0.2, 0) is 8.85 Å². The molecule has 0 saturated heterocycles. The Morgan fingerprint density at radius 3 is 2.08 bits per heavy atom. The topological polar surface area (TPSA) is 42.5 Å². The molecule has 1 rings (SSSR count). The van der Waals surface area contributed by atoms with E-state index < -0.39 is 8.88 Å². The molecule has 0 bridgehead atoms. The highest BCUT2D eigenvalue weighted by Gasteiger charge is 2.38. The van der Waals surface area contributed by atoms with E-state index in [4.69, 9.17) is 8.85 Å². The minimum absolute atomic E-state index is 0.569. The van der Waals surface area contributed by atoms with Crippen molar-refractivity contribution in [1.29, 1.82) is 0 Å². The Kier molecular flexibility index (Phi) is 4.34. The van der Waals surface area contributed by atoms with Crippen LogP contribution in [0, 0.1) is 0 Å². The van der Waals surface area contributed by atoms with Crippen molar-refractivity contribution in [3.63, 3.8) is 0 Å². The first kappa shape index (κ1) is 11.1. The van der Waals surface area contributed by atoms with E-state index in [9.17, 15) is 0 Å². The molecule has 5 heteroatoms. The van der Waals surface area contributed by atoms with Crippen LogP contribution in [0.15, 0.2) is 0 Å². The quantitative estimate of drug-likeness (QED) is 0.639. The molecule has 0 aromatic rings. The molecule has 0 unspecified atom stereocenters. The van der Waals surface area contributed by atoms with Crippen molar-refractivity contribution in [2.75, 3.05) is 21.3 Å². The fourth-order valence-electron chi connectivity index (χ4n) is 1.82. The third kappa shape index (κ3) is 2.75. The second-order valence-electron chi connectivity index (χ2n) is 3.40. The Morgan fingerprint density at radius 2 is 1.69 bits per heavy atom. The summed E-state index contributed by atoms with van der Waals surface area (Å²) < 4.78 is 10.8. The number of nitrogens with one attached hydrogen (secondary N) is 2. The number of hydrogen-bond acceptors (Lipinski definition) is 4. The molecule has 4 nitrogen and oxygen atoms in total. The lowest BCUT2D eigenvalue weighted by atomic mass is 10.3. The van der Waals surface area contributed by atoms with Crippen LogP contribution in [0.25, 0.3) is 0 Å². The predicted molar refractivity (Wildman–Crippen MR) is 54.2 cm³/mol. The fourth-order valence-corrected chi connectivity index (χ4v) is 3.60. The Labute approximate surface area is 81.4 Å². The van der Waals surface area contributed by atoms with Gasteiger partial charge in [0.15, 0.2) is 0 Å². The third-order valence-electron chi connectivity index (χ3n) is 2.65. The van der Waals surface area contributed by atoms with Crippen LogP contribution in [0.2, 0.25) is 0 Å². The maximum atomic E-state index is 5.39. The van der Waals surface area contributed by atoms with Gasteiger partial charge in [-0.25, -0.2) is 0 Å². The molecule has 0 aromatic carbocycles. The van der Waals surface area contributed by atoms with Gasteiger partial charge in [-0.3, -0.25) is 9.96 Å². The predicted octanol–water partition coefficient (Wildman–Crippen LogP) is 0.466. The van der Waals surface area contributed by atoms with Gasteiger partial charge in [-0.2, -0.15) is 0 Å². The third-order valence-corrected chi connectivity index (χ3v) is 5.25. The summed E-state index contributed by atoms with van der Waals surface area (Å²) in [6.07, 6.45) is 5.12. The summed E-state index contributed by atoms with van der Waals surface area (Å²) in [4.78, 5) is 6.59. The summed E-state index contributed by atoms with van der Waals surface area (Å²) in [5.74, 6) is 0. The Balaban J connectivity index is 2.44. The summed E-state index contributed by atoms with van der Waals surface area (Å²) >= 11 is 0. The molecule has 0 heterocycles. The molecule has 2 N–H and O–H groups in total. The van der Waals surface area contributed by atoms with Gasteiger partial charge in [0.25, 0.3) is 0 Å². The van der Waals surface area contributed by atoms with E-state index >= 15 is 0 Å². The van der Waals surface area contributed by atoms with Crippen LogP contribution in [-0.4, -0.2) is 36.2 Å². The fraction of sp³-hybridized carbons (Fsp3) is 1.00. The first-order chi connectivity index (χ1) is 6.26. The smallest absolute Gasteiger partial charge is 0.374 e. The van der Waals surface area contributed by atoms with Crippen LogP contribution in [0.4, 0.5) is 0 Å². The van der Waals surface area contributed by atoms with Crippen molar-refractivity contribution >= 4 is 8.88 Å².